The molecule has 3 heteroatoms. The van der Waals surface area contributed by atoms with Gasteiger partial charge in [-0.25, -0.2) is 0 Å². The highest BCUT2D eigenvalue weighted by atomic mass is 35.5. The molecular formula is C19H20ClNO. The van der Waals surface area contributed by atoms with E-state index >= 15 is 0 Å². The zero-order chi connectivity index (χ0) is 15.7. The summed E-state index contributed by atoms with van der Waals surface area (Å²) in [6.07, 6.45) is 1.97. The zero-order valence-electron chi connectivity index (χ0n) is 12.9. The van der Waals surface area contributed by atoms with Gasteiger partial charge in [0.15, 0.2) is 0 Å². The van der Waals surface area contributed by atoms with Crippen LogP contribution < -0.4 is 5.32 Å². The van der Waals surface area contributed by atoms with E-state index in [1.807, 2.05) is 13.0 Å². The summed E-state index contributed by atoms with van der Waals surface area (Å²) in [5, 5.41) is 3.88. The molecule has 1 N–H and O–H groups in total. The van der Waals surface area contributed by atoms with Gasteiger partial charge in [-0.05, 0) is 48.1 Å². The van der Waals surface area contributed by atoms with Crippen LogP contribution in [-0.4, -0.2) is 5.91 Å². The van der Waals surface area contributed by atoms with Crippen LogP contribution in [-0.2, 0) is 4.79 Å². The molecule has 0 heterocycles. The molecule has 1 amide bonds. The Bertz CT molecular complexity index is 710. The largest absolute Gasteiger partial charge is 0.350 e. The van der Waals surface area contributed by atoms with Crippen molar-refractivity contribution in [1.82, 2.24) is 5.32 Å². The minimum Gasteiger partial charge on any atom is -0.350 e. The van der Waals surface area contributed by atoms with Gasteiger partial charge >= 0.3 is 0 Å². The second kappa shape index (κ2) is 6.13. The van der Waals surface area contributed by atoms with Gasteiger partial charge in [0.05, 0.1) is 6.04 Å². The molecule has 1 aliphatic rings. The molecule has 0 spiro atoms. The lowest BCUT2D eigenvalue weighted by molar-refractivity contribution is -0.119. The number of aryl methyl sites for hydroxylation is 1. The number of carbonyl (C=O) groups is 1. The minimum absolute atomic E-state index is 0.0247. The Labute approximate surface area is 136 Å². The van der Waals surface area contributed by atoms with Gasteiger partial charge in [-0.3, -0.25) is 4.79 Å². The topological polar surface area (TPSA) is 29.1 Å². The van der Waals surface area contributed by atoms with Crippen molar-refractivity contribution in [2.24, 2.45) is 0 Å². The number of nitrogens with one attached hydrogen (secondary N) is 1. The van der Waals surface area contributed by atoms with E-state index in [9.17, 15) is 4.79 Å². The molecule has 22 heavy (non-hydrogen) atoms. The summed E-state index contributed by atoms with van der Waals surface area (Å²) in [5.74, 6) is 0.371. The van der Waals surface area contributed by atoms with E-state index in [4.69, 9.17) is 11.6 Å². The first-order valence-corrected chi connectivity index (χ1v) is 8.06. The Morgan fingerprint density at radius 3 is 2.55 bits per heavy atom. The second-order valence-electron chi connectivity index (χ2n) is 6.02. The fraction of sp³-hybridized carbons (Fsp3) is 0.316. The Morgan fingerprint density at radius 2 is 1.86 bits per heavy atom. The summed E-state index contributed by atoms with van der Waals surface area (Å²) in [6, 6.07) is 14.8. The van der Waals surface area contributed by atoms with E-state index in [0.29, 0.717) is 5.92 Å². The lowest BCUT2D eigenvalue weighted by Gasteiger charge is -2.32. The smallest absolute Gasteiger partial charge is 0.217 e. The fourth-order valence-corrected chi connectivity index (χ4v) is 3.55. The van der Waals surface area contributed by atoms with Crippen LogP contribution in [0.15, 0.2) is 42.5 Å². The van der Waals surface area contributed by atoms with Crippen LogP contribution in [0.4, 0.5) is 0 Å². The summed E-state index contributed by atoms with van der Waals surface area (Å²) < 4.78 is 0. The van der Waals surface area contributed by atoms with Crippen molar-refractivity contribution in [3.63, 3.8) is 0 Å². The van der Waals surface area contributed by atoms with Gasteiger partial charge in [-0.2, -0.15) is 0 Å². The summed E-state index contributed by atoms with van der Waals surface area (Å²) in [4.78, 5) is 11.4. The molecule has 1 unspecified atom stereocenters. The van der Waals surface area contributed by atoms with E-state index < -0.39 is 0 Å². The average molecular weight is 314 g/mol. The van der Waals surface area contributed by atoms with Crippen LogP contribution in [0.2, 0.25) is 5.02 Å². The third-order valence-electron chi connectivity index (χ3n) is 4.47. The molecule has 0 aliphatic heterocycles. The summed E-state index contributed by atoms with van der Waals surface area (Å²) >= 11 is 6.30. The average Bonchev–Trinajstić information content (AvgIpc) is 2.50. The molecule has 1 aliphatic carbocycles. The molecule has 0 aromatic heterocycles. The summed E-state index contributed by atoms with van der Waals surface area (Å²) in [7, 11) is 0. The zero-order valence-corrected chi connectivity index (χ0v) is 13.7. The molecule has 2 aromatic rings. The predicted octanol–water partition coefficient (Wildman–Crippen LogP) is 4.75. The molecule has 3 rings (SSSR count). The Hall–Kier alpha value is -1.80. The van der Waals surface area contributed by atoms with Crippen molar-refractivity contribution in [3.05, 3.63) is 69.7 Å². The monoisotopic (exact) mass is 313 g/mol. The molecule has 0 fully saturated rings. The van der Waals surface area contributed by atoms with Gasteiger partial charge in [0, 0.05) is 17.9 Å². The Kier molecular flexibility index (Phi) is 4.21. The van der Waals surface area contributed by atoms with Crippen LogP contribution in [0, 0.1) is 6.92 Å². The first-order valence-electron chi connectivity index (χ1n) is 7.68. The van der Waals surface area contributed by atoms with Gasteiger partial charge in [0.1, 0.15) is 0 Å². The van der Waals surface area contributed by atoms with Crippen molar-refractivity contribution in [2.75, 3.05) is 0 Å². The van der Waals surface area contributed by atoms with Crippen molar-refractivity contribution in [2.45, 2.75) is 38.6 Å². The number of hydrogen-bond acceptors (Lipinski definition) is 1. The number of carbonyl (C=O) groups excluding carboxylic acids is 1. The van der Waals surface area contributed by atoms with Crippen LogP contribution in [0.25, 0.3) is 0 Å². The second-order valence-corrected chi connectivity index (χ2v) is 6.43. The van der Waals surface area contributed by atoms with Crippen molar-refractivity contribution in [3.8, 4) is 0 Å². The van der Waals surface area contributed by atoms with Gasteiger partial charge in [0.25, 0.3) is 0 Å². The summed E-state index contributed by atoms with van der Waals surface area (Å²) in [5.41, 5.74) is 4.88. The molecule has 0 saturated carbocycles. The van der Waals surface area contributed by atoms with Crippen LogP contribution in [0.1, 0.15) is 54.0 Å². The maximum absolute atomic E-state index is 11.4. The van der Waals surface area contributed by atoms with Crippen molar-refractivity contribution >= 4 is 17.5 Å². The highest BCUT2D eigenvalue weighted by Crippen LogP contribution is 2.41. The molecule has 2 atom stereocenters. The van der Waals surface area contributed by atoms with Gasteiger partial charge in [-0.15, -0.1) is 0 Å². The molecular weight excluding hydrogens is 294 g/mol. The number of halogens is 1. The molecule has 0 bridgehead atoms. The maximum Gasteiger partial charge on any atom is 0.217 e. The van der Waals surface area contributed by atoms with Crippen LogP contribution >= 0.6 is 11.6 Å². The number of hydrogen-bond donors (Lipinski definition) is 1. The number of rotatable bonds is 2. The molecule has 0 radical (unpaired) electrons. The lowest BCUT2D eigenvalue weighted by atomic mass is 9.76. The van der Waals surface area contributed by atoms with E-state index in [0.717, 1.165) is 23.4 Å². The number of fused-ring (bicyclic) bond motifs is 1. The Balaban J connectivity index is 2.00. The molecule has 2 aromatic carbocycles. The van der Waals surface area contributed by atoms with E-state index in [2.05, 4.69) is 41.7 Å². The Morgan fingerprint density at radius 1 is 1.14 bits per heavy atom. The van der Waals surface area contributed by atoms with E-state index in [1.54, 1.807) is 6.92 Å². The van der Waals surface area contributed by atoms with E-state index in [-0.39, 0.29) is 11.9 Å². The summed E-state index contributed by atoms with van der Waals surface area (Å²) in [6.45, 7) is 3.60. The SMILES string of the molecule is CC(=O)N[C@@H]1CCC(c2ccc(C)c(Cl)c2)c2ccccc21. The fourth-order valence-electron chi connectivity index (χ4n) is 3.36. The predicted molar refractivity (Wildman–Crippen MR) is 90.3 cm³/mol. The van der Waals surface area contributed by atoms with Crippen molar-refractivity contribution in [1.29, 1.82) is 0 Å². The molecule has 2 nitrogen and oxygen atoms in total. The molecule has 114 valence electrons. The van der Waals surface area contributed by atoms with Crippen molar-refractivity contribution < 1.29 is 4.79 Å². The quantitative estimate of drug-likeness (QED) is 0.851. The van der Waals surface area contributed by atoms with Crippen LogP contribution in [0.3, 0.4) is 0 Å². The lowest BCUT2D eigenvalue weighted by Crippen LogP contribution is -2.30. The van der Waals surface area contributed by atoms with Gasteiger partial charge in [-0.1, -0.05) is 48.0 Å². The third kappa shape index (κ3) is 2.89. The number of amides is 1. The molecule has 0 saturated heterocycles. The normalized spacial score (nSPS) is 20.3. The standard InChI is InChI=1S/C19H20ClNO/c1-12-7-8-14(11-18(12)20)15-9-10-19(21-13(2)22)17-6-4-3-5-16(15)17/h3-8,11,15,19H,9-10H2,1-2H3,(H,21,22)/t15?,19-/m1/s1. The highest BCUT2D eigenvalue weighted by molar-refractivity contribution is 6.31. The first kappa shape index (κ1) is 15.1. The minimum atomic E-state index is 0.0247. The van der Waals surface area contributed by atoms with Gasteiger partial charge < -0.3 is 5.32 Å². The maximum atomic E-state index is 11.4. The highest BCUT2D eigenvalue weighted by Gasteiger charge is 2.28. The third-order valence-corrected chi connectivity index (χ3v) is 4.87. The first-order chi connectivity index (χ1) is 10.6. The number of benzene rings is 2. The van der Waals surface area contributed by atoms with E-state index in [1.165, 1.54) is 16.7 Å². The van der Waals surface area contributed by atoms with Gasteiger partial charge in [0.2, 0.25) is 5.91 Å². The van der Waals surface area contributed by atoms with Crippen LogP contribution in [0.5, 0.6) is 0 Å².